The minimum absolute atomic E-state index is 0.182. The molecule has 0 radical (unpaired) electrons. The van der Waals surface area contributed by atoms with Crippen LogP contribution in [0.3, 0.4) is 0 Å². The first-order valence-electron chi connectivity index (χ1n) is 12.4. The molecule has 1 amide bonds. The van der Waals surface area contributed by atoms with Crippen molar-refractivity contribution in [1.29, 1.82) is 0 Å². The first-order valence-corrected chi connectivity index (χ1v) is 12.8. The van der Waals surface area contributed by atoms with Crippen LogP contribution in [-0.4, -0.2) is 70.1 Å². The van der Waals surface area contributed by atoms with Crippen molar-refractivity contribution in [2.75, 3.05) is 49.5 Å². The highest BCUT2D eigenvalue weighted by atomic mass is 35.5. The van der Waals surface area contributed by atoms with E-state index in [2.05, 4.69) is 31.2 Å². The van der Waals surface area contributed by atoms with Gasteiger partial charge in [0.1, 0.15) is 11.4 Å². The molecule has 5 rings (SSSR count). The third-order valence-electron chi connectivity index (χ3n) is 6.80. The number of aliphatic hydroxyl groups is 1. The molecule has 10 nitrogen and oxygen atoms in total. The summed E-state index contributed by atoms with van der Waals surface area (Å²) in [6.07, 6.45) is 0.744. The van der Waals surface area contributed by atoms with E-state index in [1.165, 1.54) is 0 Å². The van der Waals surface area contributed by atoms with E-state index in [1.807, 2.05) is 13.0 Å². The number of carbonyl (C=O) groups excluding carboxylic acids is 1. The van der Waals surface area contributed by atoms with Gasteiger partial charge in [0.25, 0.3) is 5.56 Å². The van der Waals surface area contributed by atoms with E-state index in [0.29, 0.717) is 27.7 Å². The van der Waals surface area contributed by atoms with Crippen LogP contribution in [0, 0.1) is 6.92 Å². The van der Waals surface area contributed by atoms with E-state index in [4.69, 9.17) is 22.3 Å². The Hall–Kier alpha value is -3.86. The molecule has 0 spiro atoms. The summed E-state index contributed by atoms with van der Waals surface area (Å²) in [5.74, 6) is 0.123. The maximum atomic E-state index is 12.9. The van der Waals surface area contributed by atoms with Gasteiger partial charge in [-0.2, -0.15) is 0 Å². The van der Waals surface area contributed by atoms with Crippen molar-refractivity contribution in [3.63, 3.8) is 0 Å². The molecule has 4 aromatic rings. The highest BCUT2D eigenvalue weighted by molar-refractivity contribution is 6.30. The predicted octanol–water partition coefficient (Wildman–Crippen LogP) is 2.63. The number of H-pyrrole nitrogens is 2. The van der Waals surface area contributed by atoms with E-state index in [9.17, 15) is 14.7 Å². The van der Waals surface area contributed by atoms with Crippen LogP contribution in [-0.2, 0) is 4.79 Å². The number of hydrogen-bond donors (Lipinski definition) is 5. The van der Waals surface area contributed by atoms with Crippen LogP contribution in [0.1, 0.15) is 17.2 Å². The summed E-state index contributed by atoms with van der Waals surface area (Å²) in [6, 6.07) is 12.9. The number of amides is 1. The number of nitrogens with one attached hydrogen (secondary N) is 3. The molecular formula is C27H30ClN7O3. The standard InChI is InChI=1S/C27H30ClN7O3/c1-16-11-19(35-9-7-34(8-10-35)15-23(29)37)13-21-25(16)33-26(32-21)24-20(5-6-30-27(24)38)31-14-22(36)17-3-2-4-18(28)12-17/h2-6,11-13,22,36H,7-10,14-15H2,1H3,(H2,29,37)(H,32,33)(H2,30,31,38). The van der Waals surface area contributed by atoms with Crippen LogP contribution in [0.25, 0.3) is 22.4 Å². The number of aromatic nitrogens is 3. The first kappa shape index (κ1) is 25.8. The summed E-state index contributed by atoms with van der Waals surface area (Å²) >= 11 is 6.06. The summed E-state index contributed by atoms with van der Waals surface area (Å²) in [7, 11) is 0. The van der Waals surface area contributed by atoms with Crippen LogP contribution < -0.4 is 21.5 Å². The van der Waals surface area contributed by atoms with Crippen molar-refractivity contribution in [2.24, 2.45) is 5.73 Å². The monoisotopic (exact) mass is 535 g/mol. The van der Waals surface area contributed by atoms with Crippen LogP contribution in [0.15, 0.2) is 53.5 Å². The molecule has 1 fully saturated rings. The quantitative estimate of drug-likeness (QED) is 0.233. The van der Waals surface area contributed by atoms with Gasteiger partial charge in [0, 0.05) is 49.6 Å². The number of imidazole rings is 1. The van der Waals surface area contributed by atoms with E-state index in [1.54, 1.807) is 36.5 Å². The van der Waals surface area contributed by atoms with E-state index >= 15 is 0 Å². The second-order valence-electron chi connectivity index (χ2n) is 9.52. The van der Waals surface area contributed by atoms with Crippen molar-refractivity contribution < 1.29 is 9.90 Å². The number of anilines is 2. The number of benzene rings is 2. The number of aliphatic hydroxyl groups excluding tert-OH is 1. The van der Waals surface area contributed by atoms with Gasteiger partial charge in [0.2, 0.25) is 5.91 Å². The Labute approximate surface area is 224 Å². The zero-order chi connectivity index (χ0) is 26.8. The number of piperazine rings is 1. The Bertz CT molecular complexity index is 1520. The average molecular weight is 536 g/mol. The van der Waals surface area contributed by atoms with Crippen molar-refractivity contribution in [1.82, 2.24) is 19.9 Å². The fraction of sp³-hybridized carbons (Fsp3) is 0.296. The highest BCUT2D eigenvalue weighted by Gasteiger charge is 2.21. The maximum Gasteiger partial charge on any atom is 0.261 e. The molecule has 1 saturated heterocycles. The number of pyridine rings is 1. The molecule has 0 aliphatic carbocycles. The SMILES string of the molecule is Cc1cc(N2CCN(CC(N)=O)CC2)cc2[nH]c(-c3c(NCC(O)c4cccc(Cl)c4)cc[nH]c3=O)nc12. The molecule has 11 heteroatoms. The molecule has 0 bridgehead atoms. The van der Waals surface area contributed by atoms with Gasteiger partial charge in [-0.1, -0.05) is 23.7 Å². The number of primary amides is 1. The van der Waals surface area contributed by atoms with Gasteiger partial charge in [-0.15, -0.1) is 0 Å². The number of halogens is 1. The number of rotatable bonds is 8. The van der Waals surface area contributed by atoms with Gasteiger partial charge in [-0.25, -0.2) is 4.98 Å². The number of fused-ring (bicyclic) bond motifs is 1. The Morgan fingerprint density at radius 3 is 2.74 bits per heavy atom. The lowest BCUT2D eigenvalue weighted by atomic mass is 10.1. The van der Waals surface area contributed by atoms with Crippen LogP contribution >= 0.6 is 11.6 Å². The van der Waals surface area contributed by atoms with Crippen LogP contribution in [0.4, 0.5) is 11.4 Å². The third kappa shape index (κ3) is 5.52. The Balaban J connectivity index is 1.39. The fourth-order valence-corrected chi connectivity index (χ4v) is 5.06. The average Bonchev–Trinajstić information content (AvgIpc) is 3.31. The molecule has 1 unspecified atom stereocenters. The summed E-state index contributed by atoms with van der Waals surface area (Å²) in [5, 5.41) is 14.4. The van der Waals surface area contributed by atoms with Crippen molar-refractivity contribution >= 4 is 39.9 Å². The topological polar surface area (TPSA) is 143 Å². The lowest BCUT2D eigenvalue weighted by Crippen LogP contribution is -2.48. The maximum absolute atomic E-state index is 12.9. The minimum atomic E-state index is -0.815. The summed E-state index contributed by atoms with van der Waals surface area (Å²) in [4.78, 5) is 39.3. The fourth-order valence-electron chi connectivity index (χ4n) is 4.86. The van der Waals surface area contributed by atoms with Gasteiger partial charge in [-0.3, -0.25) is 14.5 Å². The molecule has 2 aromatic heterocycles. The smallest absolute Gasteiger partial charge is 0.261 e. The summed E-state index contributed by atoms with van der Waals surface area (Å²) < 4.78 is 0. The van der Waals surface area contributed by atoms with Gasteiger partial charge in [0.05, 0.1) is 29.4 Å². The Morgan fingerprint density at radius 2 is 2.00 bits per heavy atom. The number of carbonyl (C=O) groups is 1. The second-order valence-corrected chi connectivity index (χ2v) is 9.96. The molecule has 6 N–H and O–H groups in total. The molecule has 1 atom stereocenters. The largest absolute Gasteiger partial charge is 0.387 e. The Morgan fingerprint density at radius 1 is 1.21 bits per heavy atom. The van der Waals surface area contributed by atoms with Crippen molar-refractivity contribution in [3.05, 3.63) is 75.2 Å². The summed E-state index contributed by atoms with van der Waals surface area (Å²) in [6.45, 7) is 5.51. The lowest BCUT2D eigenvalue weighted by Gasteiger charge is -2.35. The molecular weight excluding hydrogens is 506 g/mol. The number of hydrogen-bond acceptors (Lipinski definition) is 7. The van der Waals surface area contributed by atoms with Crippen molar-refractivity contribution in [2.45, 2.75) is 13.0 Å². The zero-order valence-corrected chi connectivity index (χ0v) is 21.8. The Kier molecular flexibility index (Phi) is 7.37. The number of aryl methyl sites for hydroxylation is 1. The second kappa shape index (κ2) is 10.9. The van der Waals surface area contributed by atoms with Gasteiger partial charge in [-0.05, 0) is 48.4 Å². The van der Waals surface area contributed by atoms with Gasteiger partial charge >= 0.3 is 0 Å². The van der Waals surface area contributed by atoms with Gasteiger partial charge in [0.15, 0.2) is 0 Å². The summed E-state index contributed by atoms with van der Waals surface area (Å²) in [5.41, 5.74) is 10.3. The number of nitrogens with two attached hydrogens (primary N) is 1. The zero-order valence-electron chi connectivity index (χ0n) is 21.0. The lowest BCUT2D eigenvalue weighted by molar-refractivity contribution is -0.119. The molecule has 3 heterocycles. The van der Waals surface area contributed by atoms with Crippen LogP contribution in [0.2, 0.25) is 5.02 Å². The molecule has 0 saturated carbocycles. The minimum Gasteiger partial charge on any atom is -0.387 e. The van der Waals surface area contributed by atoms with E-state index in [0.717, 1.165) is 48.5 Å². The first-order chi connectivity index (χ1) is 18.3. The molecule has 38 heavy (non-hydrogen) atoms. The predicted molar refractivity (Wildman–Crippen MR) is 150 cm³/mol. The number of aromatic amines is 2. The van der Waals surface area contributed by atoms with Gasteiger partial charge < -0.3 is 31.0 Å². The highest BCUT2D eigenvalue weighted by Crippen LogP contribution is 2.30. The van der Waals surface area contributed by atoms with Crippen LogP contribution in [0.5, 0.6) is 0 Å². The molecule has 1 aliphatic heterocycles. The normalized spacial score (nSPS) is 15.1. The number of nitrogens with zero attached hydrogens (tertiary/aromatic N) is 3. The van der Waals surface area contributed by atoms with Crippen molar-refractivity contribution in [3.8, 4) is 11.4 Å². The van der Waals surface area contributed by atoms with E-state index in [-0.39, 0.29) is 24.6 Å². The molecule has 198 valence electrons. The molecule has 1 aliphatic rings. The van der Waals surface area contributed by atoms with E-state index < -0.39 is 6.10 Å². The molecule has 2 aromatic carbocycles. The third-order valence-corrected chi connectivity index (χ3v) is 7.03.